The Balaban J connectivity index is 2.51. The second-order valence-corrected chi connectivity index (χ2v) is 5.59. The SMILES string of the molecule is C=C(c1cc(OC)c(OC)c(OC)c1)c1ccc(OC)cc1Br. The van der Waals surface area contributed by atoms with E-state index in [0.717, 1.165) is 26.9 Å². The van der Waals surface area contributed by atoms with Gasteiger partial charge in [-0.05, 0) is 47.0 Å². The molecule has 122 valence electrons. The van der Waals surface area contributed by atoms with Crippen molar-refractivity contribution in [1.82, 2.24) is 0 Å². The lowest BCUT2D eigenvalue weighted by Crippen LogP contribution is -1.97. The highest BCUT2D eigenvalue weighted by atomic mass is 79.9. The maximum atomic E-state index is 5.39. The Kier molecular flexibility index (Phi) is 5.55. The molecule has 0 spiro atoms. The van der Waals surface area contributed by atoms with E-state index < -0.39 is 0 Å². The van der Waals surface area contributed by atoms with Crippen LogP contribution in [0.15, 0.2) is 41.4 Å². The molecule has 0 aliphatic heterocycles. The van der Waals surface area contributed by atoms with Crippen molar-refractivity contribution in [3.63, 3.8) is 0 Å². The normalized spacial score (nSPS) is 10.1. The summed E-state index contributed by atoms with van der Waals surface area (Å²) in [6.07, 6.45) is 0. The second kappa shape index (κ2) is 7.42. The quantitative estimate of drug-likeness (QED) is 0.738. The topological polar surface area (TPSA) is 36.9 Å². The van der Waals surface area contributed by atoms with Crippen molar-refractivity contribution < 1.29 is 18.9 Å². The van der Waals surface area contributed by atoms with Gasteiger partial charge in [0.15, 0.2) is 11.5 Å². The summed E-state index contributed by atoms with van der Waals surface area (Å²) in [5, 5.41) is 0. The minimum absolute atomic E-state index is 0.556. The molecule has 0 radical (unpaired) electrons. The smallest absolute Gasteiger partial charge is 0.203 e. The molecule has 0 bridgehead atoms. The van der Waals surface area contributed by atoms with Crippen molar-refractivity contribution in [2.75, 3.05) is 28.4 Å². The molecule has 0 aliphatic rings. The molecule has 0 atom stereocenters. The van der Waals surface area contributed by atoms with E-state index in [1.165, 1.54) is 0 Å². The van der Waals surface area contributed by atoms with Gasteiger partial charge in [-0.2, -0.15) is 0 Å². The Labute approximate surface area is 144 Å². The van der Waals surface area contributed by atoms with Crippen molar-refractivity contribution >= 4 is 21.5 Å². The molecular formula is C18H19BrO4. The number of rotatable bonds is 6. The molecule has 2 aromatic rings. The van der Waals surface area contributed by atoms with Crippen LogP contribution in [0, 0.1) is 0 Å². The third kappa shape index (κ3) is 3.45. The van der Waals surface area contributed by atoms with Crippen molar-refractivity contribution in [1.29, 1.82) is 0 Å². The monoisotopic (exact) mass is 378 g/mol. The van der Waals surface area contributed by atoms with Crippen molar-refractivity contribution in [2.24, 2.45) is 0 Å². The van der Waals surface area contributed by atoms with Crippen LogP contribution in [0.2, 0.25) is 0 Å². The summed E-state index contributed by atoms with van der Waals surface area (Å²) < 4.78 is 22.3. The fraction of sp³-hybridized carbons (Fsp3) is 0.222. The molecule has 0 fully saturated rings. The molecule has 2 aromatic carbocycles. The highest BCUT2D eigenvalue weighted by molar-refractivity contribution is 9.10. The fourth-order valence-corrected chi connectivity index (χ4v) is 2.88. The van der Waals surface area contributed by atoms with Crippen LogP contribution in [0.3, 0.4) is 0 Å². The van der Waals surface area contributed by atoms with Gasteiger partial charge >= 0.3 is 0 Å². The first-order valence-electron chi connectivity index (χ1n) is 6.88. The molecule has 0 unspecified atom stereocenters. The van der Waals surface area contributed by atoms with Gasteiger partial charge in [-0.25, -0.2) is 0 Å². The zero-order chi connectivity index (χ0) is 17.0. The molecule has 0 N–H and O–H groups in total. The Bertz CT molecular complexity index is 700. The lowest BCUT2D eigenvalue weighted by Gasteiger charge is -2.16. The highest BCUT2D eigenvalue weighted by Gasteiger charge is 2.16. The standard InChI is InChI=1S/C18H19BrO4/c1-11(14-7-6-13(20-2)10-15(14)19)12-8-16(21-3)18(23-5)17(9-12)22-4/h6-10H,1H2,2-5H3. The first-order chi connectivity index (χ1) is 11.0. The molecule has 2 rings (SSSR count). The number of ether oxygens (including phenoxy) is 4. The summed E-state index contributed by atoms with van der Waals surface area (Å²) in [7, 11) is 6.39. The molecular weight excluding hydrogens is 360 g/mol. The first-order valence-corrected chi connectivity index (χ1v) is 7.68. The van der Waals surface area contributed by atoms with Crippen LogP contribution in [0.1, 0.15) is 11.1 Å². The van der Waals surface area contributed by atoms with Crippen LogP contribution in [0.5, 0.6) is 23.0 Å². The van der Waals surface area contributed by atoms with Gasteiger partial charge in [-0.3, -0.25) is 0 Å². The molecule has 0 aliphatic carbocycles. The van der Waals surface area contributed by atoms with Crippen molar-refractivity contribution in [2.45, 2.75) is 0 Å². The Morgan fingerprint density at radius 3 is 1.91 bits per heavy atom. The van der Waals surface area contributed by atoms with E-state index in [4.69, 9.17) is 18.9 Å². The van der Waals surface area contributed by atoms with Crippen LogP contribution in [0.25, 0.3) is 5.57 Å². The fourth-order valence-electron chi connectivity index (χ4n) is 2.28. The number of benzene rings is 2. The third-order valence-electron chi connectivity index (χ3n) is 3.51. The van der Waals surface area contributed by atoms with E-state index in [2.05, 4.69) is 22.5 Å². The minimum Gasteiger partial charge on any atom is -0.497 e. The van der Waals surface area contributed by atoms with E-state index in [9.17, 15) is 0 Å². The number of halogens is 1. The average Bonchev–Trinajstić information content (AvgIpc) is 2.59. The van der Waals surface area contributed by atoms with Gasteiger partial charge in [0, 0.05) is 4.47 Å². The molecule has 4 nitrogen and oxygen atoms in total. The van der Waals surface area contributed by atoms with E-state index in [0.29, 0.717) is 17.2 Å². The van der Waals surface area contributed by atoms with E-state index in [1.807, 2.05) is 30.3 Å². The largest absolute Gasteiger partial charge is 0.497 e. The van der Waals surface area contributed by atoms with Gasteiger partial charge in [0.1, 0.15) is 5.75 Å². The van der Waals surface area contributed by atoms with Gasteiger partial charge in [0.25, 0.3) is 0 Å². The molecule has 0 heterocycles. The van der Waals surface area contributed by atoms with Crippen LogP contribution >= 0.6 is 15.9 Å². The number of hydrogen-bond donors (Lipinski definition) is 0. The minimum atomic E-state index is 0.556. The Morgan fingerprint density at radius 1 is 0.870 bits per heavy atom. The number of methoxy groups -OCH3 is 4. The molecule has 0 saturated carbocycles. The summed E-state index contributed by atoms with van der Waals surface area (Å²) in [6, 6.07) is 9.50. The molecule has 5 heteroatoms. The van der Waals surface area contributed by atoms with Gasteiger partial charge in [-0.15, -0.1) is 0 Å². The van der Waals surface area contributed by atoms with Gasteiger partial charge in [0.05, 0.1) is 28.4 Å². The van der Waals surface area contributed by atoms with Crippen LogP contribution in [-0.2, 0) is 0 Å². The third-order valence-corrected chi connectivity index (χ3v) is 4.17. The Hall–Kier alpha value is -2.14. The zero-order valence-electron chi connectivity index (χ0n) is 13.6. The van der Waals surface area contributed by atoms with Crippen LogP contribution in [-0.4, -0.2) is 28.4 Å². The highest BCUT2D eigenvalue weighted by Crippen LogP contribution is 2.41. The number of hydrogen-bond acceptors (Lipinski definition) is 4. The summed E-state index contributed by atoms with van der Waals surface area (Å²) in [4.78, 5) is 0. The second-order valence-electron chi connectivity index (χ2n) is 4.74. The van der Waals surface area contributed by atoms with Crippen LogP contribution < -0.4 is 18.9 Å². The van der Waals surface area contributed by atoms with Gasteiger partial charge in [0.2, 0.25) is 5.75 Å². The zero-order valence-corrected chi connectivity index (χ0v) is 15.2. The summed E-state index contributed by atoms with van der Waals surface area (Å²) in [6.45, 7) is 4.20. The summed E-state index contributed by atoms with van der Waals surface area (Å²) in [5.41, 5.74) is 2.67. The summed E-state index contributed by atoms with van der Waals surface area (Å²) in [5.74, 6) is 2.51. The van der Waals surface area contributed by atoms with E-state index >= 15 is 0 Å². The van der Waals surface area contributed by atoms with E-state index in [1.54, 1.807) is 28.4 Å². The van der Waals surface area contributed by atoms with Crippen molar-refractivity contribution in [3.05, 3.63) is 52.5 Å². The van der Waals surface area contributed by atoms with Crippen LogP contribution in [0.4, 0.5) is 0 Å². The Morgan fingerprint density at radius 2 is 1.48 bits per heavy atom. The van der Waals surface area contributed by atoms with E-state index in [-0.39, 0.29) is 0 Å². The maximum Gasteiger partial charge on any atom is 0.203 e. The van der Waals surface area contributed by atoms with Gasteiger partial charge in [-0.1, -0.05) is 22.5 Å². The predicted molar refractivity (Wildman–Crippen MR) is 94.9 cm³/mol. The molecule has 0 amide bonds. The lowest BCUT2D eigenvalue weighted by atomic mass is 9.98. The predicted octanol–water partition coefficient (Wildman–Crippen LogP) is 4.55. The summed E-state index contributed by atoms with van der Waals surface area (Å²) >= 11 is 3.56. The first kappa shape index (κ1) is 17.2. The molecule has 0 aromatic heterocycles. The van der Waals surface area contributed by atoms with Gasteiger partial charge < -0.3 is 18.9 Å². The lowest BCUT2D eigenvalue weighted by molar-refractivity contribution is 0.324. The average molecular weight is 379 g/mol. The molecule has 0 saturated heterocycles. The maximum absolute atomic E-state index is 5.39. The molecule has 23 heavy (non-hydrogen) atoms. The van der Waals surface area contributed by atoms with Crippen molar-refractivity contribution in [3.8, 4) is 23.0 Å².